The maximum atomic E-state index is 12.3. The number of nitrogens with one attached hydrogen (secondary N) is 4. The minimum atomic E-state index is -0.300. The normalized spacial score (nSPS) is 15.8. The SMILES string of the molecule is CC(NC(=O)Nc1cc2[nH]nc(NCC3CCOCC3)c2cn1)c1ccccc1. The number of anilines is 2. The number of hydrogen-bond acceptors (Lipinski definition) is 5. The van der Waals surface area contributed by atoms with Crippen molar-refractivity contribution in [1.82, 2.24) is 20.5 Å². The average molecular weight is 394 g/mol. The van der Waals surface area contributed by atoms with Crippen LogP contribution in [0.3, 0.4) is 0 Å². The third kappa shape index (κ3) is 4.83. The van der Waals surface area contributed by atoms with Crippen LogP contribution in [0.15, 0.2) is 42.6 Å². The summed E-state index contributed by atoms with van der Waals surface area (Å²) in [6.07, 6.45) is 3.86. The van der Waals surface area contributed by atoms with Crippen molar-refractivity contribution in [3.8, 4) is 0 Å². The maximum Gasteiger partial charge on any atom is 0.320 e. The Morgan fingerprint density at radius 3 is 2.86 bits per heavy atom. The van der Waals surface area contributed by atoms with Crippen LogP contribution in [0.4, 0.5) is 16.4 Å². The zero-order valence-electron chi connectivity index (χ0n) is 16.4. The van der Waals surface area contributed by atoms with Crippen molar-refractivity contribution in [2.24, 2.45) is 5.92 Å². The molecule has 0 bridgehead atoms. The quantitative estimate of drug-likeness (QED) is 0.511. The molecule has 8 heteroatoms. The highest BCUT2D eigenvalue weighted by molar-refractivity contribution is 5.94. The number of pyridine rings is 1. The van der Waals surface area contributed by atoms with E-state index >= 15 is 0 Å². The summed E-state index contributed by atoms with van der Waals surface area (Å²) in [7, 11) is 0. The van der Waals surface area contributed by atoms with Gasteiger partial charge in [-0.2, -0.15) is 5.10 Å². The first-order chi connectivity index (χ1) is 14.2. The van der Waals surface area contributed by atoms with Crippen molar-refractivity contribution in [2.45, 2.75) is 25.8 Å². The second-order valence-corrected chi connectivity index (χ2v) is 7.35. The van der Waals surface area contributed by atoms with E-state index < -0.39 is 0 Å². The highest BCUT2D eigenvalue weighted by atomic mass is 16.5. The second kappa shape index (κ2) is 8.91. The Hall–Kier alpha value is -3.13. The number of benzene rings is 1. The number of carbonyl (C=O) groups excluding carboxylic acids is 1. The predicted octanol–water partition coefficient (Wildman–Crippen LogP) is 3.68. The molecule has 3 aromatic rings. The number of H-pyrrole nitrogens is 1. The molecule has 8 nitrogen and oxygen atoms in total. The fourth-order valence-corrected chi connectivity index (χ4v) is 3.48. The standard InChI is InChI=1S/C21H26N6O2/c1-14(16-5-3-2-4-6-16)24-21(28)25-19-11-18-17(13-22-19)20(27-26-18)23-12-15-7-9-29-10-8-15/h2-6,11,13-15H,7-10,12H2,1H3,(H2,23,26,27)(H2,22,24,25,28). The molecule has 0 saturated carbocycles. The van der Waals surface area contributed by atoms with Crippen molar-refractivity contribution in [3.63, 3.8) is 0 Å². The van der Waals surface area contributed by atoms with E-state index in [9.17, 15) is 4.79 Å². The van der Waals surface area contributed by atoms with Crippen LogP contribution in [-0.4, -0.2) is 41.0 Å². The molecule has 4 rings (SSSR count). The van der Waals surface area contributed by atoms with E-state index in [0.29, 0.717) is 11.7 Å². The molecule has 1 unspecified atom stereocenters. The molecule has 0 aliphatic carbocycles. The van der Waals surface area contributed by atoms with E-state index in [1.807, 2.05) is 37.3 Å². The van der Waals surface area contributed by atoms with E-state index in [1.165, 1.54) is 0 Å². The van der Waals surface area contributed by atoms with E-state index in [0.717, 1.165) is 54.9 Å². The van der Waals surface area contributed by atoms with Gasteiger partial charge < -0.3 is 15.4 Å². The van der Waals surface area contributed by atoms with Gasteiger partial charge in [0.05, 0.1) is 16.9 Å². The molecule has 1 saturated heterocycles. The Labute approximate surface area is 169 Å². The van der Waals surface area contributed by atoms with Crippen molar-refractivity contribution >= 4 is 28.6 Å². The Balaban J connectivity index is 1.35. The summed E-state index contributed by atoms with van der Waals surface area (Å²) >= 11 is 0. The van der Waals surface area contributed by atoms with Crippen molar-refractivity contribution in [1.29, 1.82) is 0 Å². The van der Waals surface area contributed by atoms with E-state index in [2.05, 4.69) is 31.1 Å². The van der Waals surface area contributed by atoms with Gasteiger partial charge >= 0.3 is 6.03 Å². The first-order valence-corrected chi connectivity index (χ1v) is 9.97. The van der Waals surface area contributed by atoms with Crippen LogP contribution in [0.25, 0.3) is 10.9 Å². The number of fused-ring (bicyclic) bond motifs is 1. The predicted molar refractivity (Wildman–Crippen MR) is 113 cm³/mol. The zero-order chi connectivity index (χ0) is 20.1. The summed E-state index contributed by atoms with van der Waals surface area (Å²) in [6.45, 7) is 4.46. The summed E-state index contributed by atoms with van der Waals surface area (Å²) in [6, 6.07) is 11.2. The lowest BCUT2D eigenvalue weighted by Gasteiger charge is -2.22. The number of carbonyl (C=O) groups is 1. The second-order valence-electron chi connectivity index (χ2n) is 7.35. The Kier molecular flexibility index (Phi) is 5.90. The Morgan fingerprint density at radius 2 is 2.07 bits per heavy atom. The number of hydrogen-bond donors (Lipinski definition) is 4. The van der Waals surface area contributed by atoms with Crippen molar-refractivity contribution in [2.75, 3.05) is 30.4 Å². The molecule has 1 aromatic carbocycles. The topological polar surface area (TPSA) is 104 Å². The van der Waals surface area contributed by atoms with Gasteiger partial charge in [0, 0.05) is 32.0 Å². The van der Waals surface area contributed by atoms with Crippen molar-refractivity contribution < 1.29 is 9.53 Å². The van der Waals surface area contributed by atoms with Gasteiger partial charge in [-0.3, -0.25) is 10.4 Å². The molecule has 2 amide bonds. The van der Waals surface area contributed by atoms with Gasteiger partial charge in [0.1, 0.15) is 5.82 Å². The number of aromatic nitrogens is 3. The van der Waals surface area contributed by atoms with Crippen LogP contribution in [0.2, 0.25) is 0 Å². The minimum absolute atomic E-state index is 0.104. The monoisotopic (exact) mass is 394 g/mol. The van der Waals surface area contributed by atoms with Crippen LogP contribution >= 0.6 is 0 Å². The molecule has 1 fully saturated rings. The molecule has 1 aliphatic rings. The zero-order valence-corrected chi connectivity index (χ0v) is 16.4. The van der Waals surface area contributed by atoms with Crippen LogP contribution in [0, 0.1) is 5.92 Å². The van der Waals surface area contributed by atoms with Crippen LogP contribution < -0.4 is 16.0 Å². The van der Waals surface area contributed by atoms with Crippen LogP contribution in [-0.2, 0) is 4.74 Å². The highest BCUT2D eigenvalue weighted by Gasteiger charge is 2.15. The lowest BCUT2D eigenvalue weighted by molar-refractivity contribution is 0.0699. The van der Waals surface area contributed by atoms with E-state index in [1.54, 1.807) is 12.3 Å². The number of urea groups is 1. The Bertz CT molecular complexity index is 952. The summed E-state index contributed by atoms with van der Waals surface area (Å²) in [5.41, 5.74) is 1.86. The molecule has 29 heavy (non-hydrogen) atoms. The summed E-state index contributed by atoms with van der Waals surface area (Å²) in [5.74, 6) is 1.85. The number of amides is 2. The molecular formula is C21H26N6O2. The smallest absolute Gasteiger partial charge is 0.320 e. The number of nitrogens with zero attached hydrogens (tertiary/aromatic N) is 2. The molecule has 3 heterocycles. The van der Waals surface area contributed by atoms with Gasteiger partial charge in [-0.1, -0.05) is 30.3 Å². The largest absolute Gasteiger partial charge is 0.381 e. The molecule has 0 radical (unpaired) electrons. The maximum absolute atomic E-state index is 12.3. The molecule has 1 atom stereocenters. The number of aromatic amines is 1. The van der Waals surface area contributed by atoms with E-state index in [-0.39, 0.29) is 12.1 Å². The molecule has 2 aromatic heterocycles. The fraction of sp³-hybridized carbons (Fsp3) is 0.381. The highest BCUT2D eigenvalue weighted by Crippen LogP contribution is 2.23. The van der Waals surface area contributed by atoms with Gasteiger partial charge in [0.15, 0.2) is 5.82 Å². The lowest BCUT2D eigenvalue weighted by atomic mass is 10.0. The van der Waals surface area contributed by atoms with E-state index in [4.69, 9.17) is 4.74 Å². The summed E-state index contributed by atoms with van der Waals surface area (Å²) in [4.78, 5) is 16.7. The van der Waals surface area contributed by atoms with Gasteiger partial charge in [0.25, 0.3) is 0 Å². The third-order valence-corrected chi connectivity index (χ3v) is 5.24. The number of ether oxygens (including phenoxy) is 1. The lowest BCUT2D eigenvalue weighted by Crippen LogP contribution is -2.31. The minimum Gasteiger partial charge on any atom is -0.381 e. The fourth-order valence-electron chi connectivity index (χ4n) is 3.48. The van der Waals surface area contributed by atoms with Crippen LogP contribution in [0.5, 0.6) is 0 Å². The molecular weight excluding hydrogens is 368 g/mol. The molecule has 4 N–H and O–H groups in total. The molecule has 0 spiro atoms. The van der Waals surface area contributed by atoms with Gasteiger partial charge in [0.2, 0.25) is 0 Å². The van der Waals surface area contributed by atoms with Crippen LogP contribution in [0.1, 0.15) is 31.4 Å². The molecule has 1 aliphatic heterocycles. The van der Waals surface area contributed by atoms with Gasteiger partial charge in [-0.25, -0.2) is 9.78 Å². The first-order valence-electron chi connectivity index (χ1n) is 9.97. The number of rotatable bonds is 6. The summed E-state index contributed by atoms with van der Waals surface area (Å²) < 4.78 is 5.40. The third-order valence-electron chi connectivity index (χ3n) is 5.24. The Morgan fingerprint density at radius 1 is 1.28 bits per heavy atom. The van der Waals surface area contributed by atoms with Gasteiger partial charge in [-0.05, 0) is 31.2 Å². The first kappa shape index (κ1) is 19.2. The average Bonchev–Trinajstić information content (AvgIpc) is 3.15. The van der Waals surface area contributed by atoms with Gasteiger partial charge in [-0.15, -0.1) is 0 Å². The van der Waals surface area contributed by atoms with Crippen molar-refractivity contribution in [3.05, 3.63) is 48.2 Å². The molecule has 152 valence electrons. The summed E-state index contributed by atoms with van der Waals surface area (Å²) in [5, 5.41) is 17.4.